The summed E-state index contributed by atoms with van der Waals surface area (Å²) in [5.41, 5.74) is 0. The van der Waals surface area contributed by atoms with Crippen molar-refractivity contribution in [3.8, 4) is 5.75 Å². The number of aromatic nitrogens is 2. The molecule has 2 aromatic rings. The number of imidazole rings is 1. The summed E-state index contributed by atoms with van der Waals surface area (Å²) in [6.07, 6.45) is 1.33. The van der Waals surface area contributed by atoms with E-state index in [4.69, 9.17) is 16.3 Å². The molecule has 0 aliphatic heterocycles. The quantitative estimate of drug-likeness (QED) is 0.800. The van der Waals surface area contributed by atoms with Crippen LogP contribution in [0.5, 0.6) is 5.75 Å². The first kappa shape index (κ1) is 16.7. The number of hydrogen-bond acceptors (Lipinski definition) is 4. The van der Waals surface area contributed by atoms with Crippen LogP contribution >= 0.6 is 11.6 Å². The van der Waals surface area contributed by atoms with E-state index in [0.717, 1.165) is 4.31 Å². The van der Waals surface area contributed by atoms with Gasteiger partial charge in [-0.05, 0) is 24.3 Å². The van der Waals surface area contributed by atoms with E-state index < -0.39 is 10.0 Å². The minimum absolute atomic E-state index is 0.0475. The Morgan fingerprint density at radius 3 is 2.55 bits per heavy atom. The number of aryl methyl sites for hydroxylation is 1. The minimum Gasteiger partial charge on any atom is -0.492 e. The molecular formula is C13H15ClFN3O3S. The van der Waals surface area contributed by atoms with Crippen molar-refractivity contribution < 1.29 is 17.5 Å². The lowest BCUT2D eigenvalue weighted by molar-refractivity contribution is 0.286. The first-order chi connectivity index (χ1) is 10.3. The number of sulfonamides is 1. The highest BCUT2D eigenvalue weighted by Crippen LogP contribution is 2.21. The van der Waals surface area contributed by atoms with Crippen LogP contribution in [0.25, 0.3) is 0 Å². The van der Waals surface area contributed by atoms with Gasteiger partial charge in [0.25, 0.3) is 10.0 Å². The zero-order chi connectivity index (χ0) is 16.3. The van der Waals surface area contributed by atoms with Gasteiger partial charge in [0.1, 0.15) is 23.3 Å². The zero-order valence-electron chi connectivity index (χ0n) is 12.0. The molecule has 0 atom stereocenters. The molecule has 0 saturated carbocycles. The third-order valence-corrected chi connectivity index (χ3v) is 5.33. The molecule has 0 spiro atoms. The van der Waals surface area contributed by atoms with Crippen LogP contribution in [-0.2, 0) is 17.1 Å². The Balaban J connectivity index is 1.98. The molecule has 1 heterocycles. The van der Waals surface area contributed by atoms with E-state index in [2.05, 4.69) is 4.98 Å². The highest BCUT2D eigenvalue weighted by Gasteiger charge is 2.27. The second kappa shape index (κ2) is 6.64. The van der Waals surface area contributed by atoms with Gasteiger partial charge in [-0.25, -0.2) is 17.8 Å². The van der Waals surface area contributed by atoms with Gasteiger partial charge in [-0.3, -0.25) is 0 Å². The predicted octanol–water partition coefficient (Wildman–Crippen LogP) is 1.91. The maximum absolute atomic E-state index is 12.8. The predicted molar refractivity (Wildman–Crippen MR) is 79.9 cm³/mol. The van der Waals surface area contributed by atoms with Crippen LogP contribution in [0, 0.1) is 5.82 Å². The molecule has 0 N–H and O–H groups in total. The van der Waals surface area contributed by atoms with Crippen LogP contribution < -0.4 is 4.74 Å². The summed E-state index contributed by atoms with van der Waals surface area (Å²) >= 11 is 5.91. The second-order valence-electron chi connectivity index (χ2n) is 4.58. The molecule has 0 amide bonds. The Morgan fingerprint density at radius 2 is 2.00 bits per heavy atom. The van der Waals surface area contributed by atoms with Gasteiger partial charge >= 0.3 is 0 Å². The molecular weight excluding hydrogens is 333 g/mol. The van der Waals surface area contributed by atoms with E-state index in [1.807, 2.05) is 0 Å². The zero-order valence-corrected chi connectivity index (χ0v) is 13.6. The Morgan fingerprint density at radius 1 is 1.36 bits per heavy atom. The van der Waals surface area contributed by atoms with Crippen molar-refractivity contribution in [3.63, 3.8) is 0 Å². The van der Waals surface area contributed by atoms with Crippen molar-refractivity contribution in [2.24, 2.45) is 7.05 Å². The van der Waals surface area contributed by atoms with Gasteiger partial charge in [-0.2, -0.15) is 4.31 Å². The first-order valence-electron chi connectivity index (χ1n) is 6.34. The summed E-state index contributed by atoms with van der Waals surface area (Å²) in [5, 5.41) is -0.146. The van der Waals surface area contributed by atoms with Gasteiger partial charge in [0.2, 0.25) is 5.03 Å². The summed E-state index contributed by atoms with van der Waals surface area (Å²) in [4.78, 5) is 3.80. The third-order valence-electron chi connectivity index (χ3n) is 2.98. The van der Waals surface area contributed by atoms with Crippen LogP contribution in [0.15, 0.2) is 35.6 Å². The average Bonchev–Trinajstić information content (AvgIpc) is 2.81. The molecule has 0 radical (unpaired) electrons. The monoisotopic (exact) mass is 347 g/mol. The number of benzene rings is 1. The Labute approximate surface area is 133 Å². The van der Waals surface area contributed by atoms with Gasteiger partial charge in [0.05, 0.1) is 6.33 Å². The Bertz CT molecular complexity index is 746. The van der Waals surface area contributed by atoms with Crippen LogP contribution in [0.4, 0.5) is 4.39 Å². The van der Waals surface area contributed by atoms with E-state index in [1.165, 1.54) is 42.2 Å². The van der Waals surface area contributed by atoms with Crippen LogP contribution in [0.3, 0.4) is 0 Å². The lowest BCUT2D eigenvalue weighted by atomic mass is 10.3. The molecule has 0 unspecified atom stereocenters. The molecule has 0 saturated heterocycles. The molecule has 0 fully saturated rings. The van der Waals surface area contributed by atoms with Crippen molar-refractivity contribution in [1.82, 2.24) is 13.9 Å². The van der Waals surface area contributed by atoms with E-state index in [0.29, 0.717) is 5.75 Å². The fourth-order valence-electron chi connectivity index (χ4n) is 1.66. The summed E-state index contributed by atoms with van der Waals surface area (Å²) in [5.74, 6) is 0.0971. The molecule has 1 aromatic heterocycles. The van der Waals surface area contributed by atoms with Gasteiger partial charge in [0.15, 0.2) is 0 Å². The summed E-state index contributed by atoms with van der Waals surface area (Å²) in [6.45, 7) is 0.221. The van der Waals surface area contributed by atoms with Crippen LogP contribution in [-0.4, -0.2) is 42.5 Å². The standard InChI is InChI=1S/C13H15ClFN3O3S/c1-17-9-16-13(12(17)14)22(19,20)18(2)7-8-21-11-5-3-10(15)4-6-11/h3-6,9H,7-8H2,1-2H3. The number of nitrogens with zero attached hydrogens (tertiary/aromatic N) is 3. The number of likely N-dealkylation sites (N-methyl/N-ethyl adjacent to an activating group) is 1. The summed E-state index contributed by atoms with van der Waals surface area (Å²) < 4.78 is 45.3. The fraction of sp³-hybridized carbons (Fsp3) is 0.308. The molecule has 6 nitrogen and oxygen atoms in total. The van der Waals surface area contributed by atoms with E-state index >= 15 is 0 Å². The Hall–Kier alpha value is -1.64. The number of rotatable bonds is 6. The SMILES string of the molecule is CN(CCOc1ccc(F)cc1)S(=O)(=O)c1ncn(C)c1Cl. The highest BCUT2D eigenvalue weighted by molar-refractivity contribution is 7.89. The smallest absolute Gasteiger partial charge is 0.263 e. The second-order valence-corrected chi connectivity index (χ2v) is 6.90. The van der Waals surface area contributed by atoms with E-state index in [9.17, 15) is 12.8 Å². The molecule has 22 heavy (non-hydrogen) atoms. The van der Waals surface area contributed by atoms with Crippen molar-refractivity contribution >= 4 is 21.6 Å². The number of ether oxygens (including phenoxy) is 1. The van der Waals surface area contributed by atoms with Gasteiger partial charge in [-0.1, -0.05) is 11.6 Å². The Kier molecular flexibility index (Phi) is 5.05. The fourth-order valence-corrected chi connectivity index (χ4v) is 3.19. The van der Waals surface area contributed by atoms with Crippen molar-refractivity contribution in [1.29, 1.82) is 0 Å². The largest absolute Gasteiger partial charge is 0.492 e. The average molecular weight is 348 g/mol. The molecule has 120 valence electrons. The highest BCUT2D eigenvalue weighted by atomic mass is 35.5. The maximum atomic E-state index is 12.8. The van der Waals surface area contributed by atoms with E-state index in [-0.39, 0.29) is 29.1 Å². The summed E-state index contributed by atoms with van der Waals surface area (Å²) in [7, 11) is -0.766. The van der Waals surface area contributed by atoms with Crippen LogP contribution in [0.2, 0.25) is 5.15 Å². The molecule has 0 aliphatic rings. The number of hydrogen-bond donors (Lipinski definition) is 0. The topological polar surface area (TPSA) is 64.4 Å². The summed E-state index contributed by atoms with van der Waals surface area (Å²) in [6, 6.07) is 5.48. The minimum atomic E-state index is -3.78. The molecule has 1 aromatic carbocycles. The number of halogens is 2. The van der Waals surface area contributed by atoms with Crippen molar-refractivity contribution in [2.75, 3.05) is 20.2 Å². The third kappa shape index (κ3) is 3.57. The van der Waals surface area contributed by atoms with Gasteiger partial charge in [-0.15, -0.1) is 0 Å². The van der Waals surface area contributed by atoms with E-state index in [1.54, 1.807) is 7.05 Å². The lowest BCUT2D eigenvalue weighted by Crippen LogP contribution is -2.31. The van der Waals surface area contributed by atoms with Crippen molar-refractivity contribution in [2.45, 2.75) is 5.03 Å². The van der Waals surface area contributed by atoms with Gasteiger partial charge < -0.3 is 9.30 Å². The first-order valence-corrected chi connectivity index (χ1v) is 8.15. The maximum Gasteiger partial charge on any atom is 0.263 e. The van der Waals surface area contributed by atoms with Crippen molar-refractivity contribution in [3.05, 3.63) is 41.6 Å². The lowest BCUT2D eigenvalue weighted by Gasteiger charge is -2.16. The molecule has 2 rings (SSSR count). The molecule has 9 heteroatoms. The van der Waals surface area contributed by atoms with Gasteiger partial charge in [0, 0.05) is 20.6 Å². The normalized spacial score (nSPS) is 11.9. The molecule has 0 aliphatic carbocycles. The van der Waals surface area contributed by atoms with Crippen LogP contribution in [0.1, 0.15) is 0 Å². The molecule has 0 bridgehead atoms.